The fourth-order valence-corrected chi connectivity index (χ4v) is 3.19. The number of anilines is 1. The van der Waals surface area contributed by atoms with Crippen LogP contribution in [0.3, 0.4) is 0 Å². The standard InChI is InChI=1S/C16H16FN5O/c1-2-22-13-7-6-9(17)8-12(13)18-16(22)19-15(23)14-10-4-3-5-11(10)20-21-14/h6-8H,2-5H2,1H3,(H,20,21)(H,18,19,23). The molecular weight excluding hydrogens is 297 g/mol. The molecule has 1 amide bonds. The first-order chi connectivity index (χ1) is 11.2. The first kappa shape index (κ1) is 13.9. The number of amides is 1. The second-order valence-corrected chi connectivity index (χ2v) is 5.65. The number of rotatable bonds is 3. The quantitative estimate of drug-likeness (QED) is 0.780. The highest BCUT2D eigenvalue weighted by molar-refractivity contribution is 6.04. The summed E-state index contributed by atoms with van der Waals surface area (Å²) in [5.74, 6) is -0.219. The number of hydrogen-bond acceptors (Lipinski definition) is 3. The summed E-state index contributed by atoms with van der Waals surface area (Å²) in [7, 11) is 0. The number of imidazole rings is 1. The molecule has 2 heterocycles. The fraction of sp³-hybridized carbons (Fsp3) is 0.312. The lowest BCUT2D eigenvalue weighted by atomic mass is 10.2. The van der Waals surface area contributed by atoms with Crippen molar-refractivity contribution in [2.24, 2.45) is 0 Å². The van der Waals surface area contributed by atoms with E-state index in [-0.39, 0.29) is 11.7 Å². The summed E-state index contributed by atoms with van der Waals surface area (Å²) >= 11 is 0. The molecule has 1 aliphatic rings. The Kier molecular flexibility index (Phi) is 3.14. The molecule has 0 bridgehead atoms. The van der Waals surface area contributed by atoms with Gasteiger partial charge in [-0.25, -0.2) is 9.37 Å². The zero-order valence-electron chi connectivity index (χ0n) is 12.7. The van der Waals surface area contributed by atoms with Gasteiger partial charge in [-0.05, 0) is 38.3 Å². The van der Waals surface area contributed by atoms with Crippen LogP contribution < -0.4 is 5.32 Å². The van der Waals surface area contributed by atoms with Gasteiger partial charge in [-0.2, -0.15) is 5.10 Å². The smallest absolute Gasteiger partial charge is 0.278 e. The molecule has 4 rings (SSSR count). The van der Waals surface area contributed by atoms with E-state index in [1.54, 1.807) is 6.07 Å². The topological polar surface area (TPSA) is 75.6 Å². The molecule has 0 radical (unpaired) electrons. The molecular formula is C16H16FN5O. The highest BCUT2D eigenvalue weighted by Gasteiger charge is 2.24. The highest BCUT2D eigenvalue weighted by Crippen LogP contribution is 2.25. The van der Waals surface area contributed by atoms with Gasteiger partial charge in [0.15, 0.2) is 5.69 Å². The summed E-state index contributed by atoms with van der Waals surface area (Å²) in [6.45, 7) is 2.57. The van der Waals surface area contributed by atoms with Gasteiger partial charge in [0.1, 0.15) is 5.82 Å². The third kappa shape index (κ3) is 2.19. The van der Waals surface area contributed by atoms with Gasteiger partial charge >= 0.3 is 0 Å². The first-order valence-corrected chi connectivity index (χ1v) is 7.70. The van der Waals surface area contributed by atoms with Crippen LogP contribution in [-0.2, 0) is 19.4 Å². The minimum atomic E-state index is -0.346. The molecule has 1 aromatic carbocycles. The van der Waals surface area contributed by atoms with Crippen molar-refractivity contribution in [1.29, 1.82) is 0 Å². The van der Waals surface area contributed by atoms with E-state index >= 15 is 0 Å². The molecule has 0 spiro atoms. The van der Waals surface area contributed by atoms with Gasteiger partial charge in [-0.3, -0.25) is 15.2 Å². The Bertz CT molecular complexity index is 911. The molecule has 0 fully saturated rings. The predicted octanol–water partition coefficient (Wildman–Crippen LogP) is 2.66. The number of H-pyrrole nitrogens is 1. The number of benzene rings is 1. The van der Waals surface area contributed by atoms with Crippen molar-refractivity contribution in [2.75, 3.05) is 5.32 Å². The molecule has 118 valence electrons. The van der Waals surface area contributed by atoms with Crippen LogP contribution in [0.4, 0.5) is 10.3 Å². The predicted molar refractivity (Wildman–Crippen MR) is 83.9 cm³/mol. The molecule has 0 atom stereocenters. The zero-order valence-corrected chi connectivity index (χ0v) is 12.7. The molecule has 0 unspecified atom stereocenters. The second kappa shape index (κ2) is 5.19. The highest BCUT2D eigenvalue weighted by atomic mass is 19.1. The Morgan fingerprint density at radius 3 is 3.13 bits per heavy atom. The fourth-order valence-electron chi connectivity index (χ4n) is 3.19. The van der Waals surface area contributed by atoms with Crippen molar-refractivity contribution in [2.45, 2.75) is 32.7 Å². The van der Waals surface area contributed by atoms with Crippen LogP contribution >= 0.6 is 0 Å². The molecule has 3 aromatic rings. The normalized spacial score (nSPS) is 13.5. The van der Waals surface area contributed by atoms with Crippen LogP contribution in [0.2, 0.25) is 0 Å². The summed E-state index contributed by atoms with van der Waals surface area (Å²) < 4.78 is 15.2. The van der Waals surface area contributed by atoms with Gasteiger partial charge in [0.05, 0.1) is 11.0 Å². The number of halogens is 1. The summed E-state index contributed by atoms with van der Waals surface area (Å²) in [6.07, 6.45) is 2.84. The molecule has 7 heteroatoms. The lowest BCUT2D eigenvalue weighted by Gasteiger charge is -2.07. The van der Waals surface area contributed by atoms with E-state index in [0.29, 0.717) is 23.7 Å². The number of nitrogens with zero attached hydrogens (tertiary/aromatic N) is 3. The van der Waals surface area contributed by atoms with E-state index in [1.165, 1.54) is 12.1 Å². The number of nitrogens with one attached hydrogen (secondary N) is 2. The van der Waals surface area contributed by atoms with E-state index in [0.717, 1.165) is 36.0 Å². The molecule has 2 N–H and O–H groups in total. The average Bonchev–Trinajstić information content (AvgIpc) is 3.19. The number of aromatic amines is 1. The van der Waals surface area contributed by atoms with E-state index in [1.807, 2.05) is 11.5 Å². The van der Waals surface area contributed by atoms with Crippen molar-refractivity contribution in [3.05, 3.63) is 41.0 Å². The van der Waals surface area contributed by atoms with Crippen molar-refractivity contribution < 1.29 is 9.18 Å². The number of aryl methyl sites for hydroxylation is 2. The van der Waals surface area contributed by atoms with Gasteiger partial charge in [0.2, 0.25) is 5.95 Å². The van der Waals surface area contributed by atoms with Crippen LogP contribution in [0.25, 0.3) is 11.0 Å². The van der Waals surface area contributed by atoms with Gasteiger partial charge in [0, 0.05) is 23.9 Å². The zero-order chi connectivity index (χ0) is 16.0. The second-order valence-electron chi connectivity index (χ2n) is 5.65. The van der Waals surface area contributed by atoms with Crippen LogP contribution in [-0.4, -0.2) is 25.7 Å². The summed E-state index contributed by atoms with van der Waals surface area (Å²) in [6, 6.07) is 4.43. The Labute approximate surface area is 131 Å². The monoisotopic (exact) mass is 313 g/mol. The van der Waals surface area contributed by atoms with Crippen molar-refractivity contribution in [3.63, 3.8) is 0 Å². The molecule has 0 saturated heterocycles. The molecule has 2 aromatic heterocycles. The van der Waals surface area contributed by atoms with Gasteiger partial charge in [-0.1, -0.05) is 0 Å². The first-order valence-electron chi connectivity index (χ1n) is 7.70. The SMILES string of the molecule is CCn1c(NC(=O)c2n[nH]c3c2CCC3)nc2cc(F)ccc21. The summed E-state index contributed by atoms with van der Waals surface area (Å²) in [4.78, 5) is 16.9. The Morgan fingerprint density at radius 1 is 1.43 bits per heavy atom. The minimum Gasteiger partial charge on any atom is -0.310 e. The van der Waals surface area contributed by atoms with Crippen molar-refractivity contribution in [3.8, 4) is 0 Å². The largest absolute Gasteiger partial charge is 0.310 e. The van der Waals surface area contributed by atoms with E-state index < -0.39 is 0 Å². The molecule has 6 nitrogen and oxygen atoms in total. The molecule has 0 saturated carbocycles. The van der Waals surface area contributed by atoms with E-state index in [2.05, 4.69) is 20.5 Å². The number of carbonyl (C=O) groups is 1. The van der Waals surface area contributed by atoms with Crippen molar-refractivity contribution in [1.82, 2.24) is 19.7 Å². The number of fused-ring (bicyclic) bond motifs is 2. The molecule has 23 heavy (non-hydrogen) atoms. The van der Waals surface area contributed by atoms with Gasteiger partial charge in [0.25, 0.3) is 5.91 Å². The van der Waals surface area contributed by atoms with Crippen LogP contribution in [0, 0.1) is 5.82 Å². The van der Waals surface area contributed by atoms with E-state index in [9.17, 15) is 9.18 Å². The van der Waals surface area contributed by atoms with Crippen LogP contribution in [0.5, 0.6) is 0 Å². The lowest BCUT2D eigenvalue weighted by molar-refractivity contribution is 0.102. The van der Waals surface area contributed by atoms with Gasteiger partial charge in [-0.15, -0.1) is 0 Å². The maximum Gasteiger partial charge on any atom is 0.278 e. The van der Waals surface area contributed by atoms with E-state index in [4.69, 9.17) is 0 Å². The van der Waals surface area contributed by atoms with Crippen LogP contribution in [0.15, 0.2) is 18.2 Å². The maximum atomic E-state index is 13.4. The maximum absolute atomic E-state index is 13.4. The number of aromatic nitrogens is 4. The van der Waals surface area contributed by atoms with Crippen LogP contribution in [0.1, 0.15) is 35.1 Å². The van der Waals surface area contributed by atoms with Gasteiger partial charge < -0.3 is 4.57 Å². The lowest BCUT2D eigenvalue weighted by Crippen LogP contribution is -2.17. The Morgan fingerprint density at radius 2 is 2.30 bits per heavy atom. The molecule has 1 aliphatic carbocycles. The third-order valence-corrected chi connectivity index (χ3v) is 4.27. The number of carbonyl (C=O) groups excluding carboxylic acids is 1. The summed E-state index contributed by atoms with van der Waals surface area (Å²) in [5, 5.41) is 9.86. The Hall–Kier alpha value is -2.70. The summed E-state index contributed by atoms with van der Waals surface area (Å²) in [5.41, 5.74) is 3.78. The minimum absolute atomic E-state index is 0.283. The Balaban J connectivity index is 1.70. The third-order valence-electron chi connectivity index (χ3n) is 4.27. The van der Waals surface area contributed by atoms with Crippen molar-refractivity contribution >= 4 is 22.9 Å². The molecule has 0 aliphatic heterocycles. The average molecular weight is 313 g/mol. The number of hydrogen-bond donors (Lipinski definition) is 2.